The zero-order chi connectivity index (χ0) is 26.2. The van der Waals surface area contributed by atoms with Crippen molar-refractivity contribution in [2.45, 2.75) is 32.3 Å². The Morgan fingerprint density at radius 2 is 1.70 bits per heavy atom. The van der Waals surface area contributed by atoms with Crippen molar-refractivity contribution in [3.63, 3.8) is 0 Å². The molecule has 192 valence electrons. The monoisotopic (exact) mass is 500 g/mol. The Bertz CT molecular complexity index is 1230. The average Bonchev–Trinajstić information content (AvgIpc) is 3.32. The van der Waals surface area contributed by atoms with Gasteiger partial charge in [-0.1, -0.05) is 54.6 Å². The maximum atomic E-state index is 12.9. The summed E-state index contributed by atoms with van der Waals surface area (Å²) in [7, 11) is 2.30. The van der Waals surface area contributed by atoms with E-state index >= 15 is 0 Å². The molecule has 0 saturated carbocycles. The van der Waals surface area contributed by atoms with Crippen LogP contribution in [0.3, 0.4) is 0 Å². The first-order chi connectivity index (χ1) is 18.0. The lowest BCUT2D eigenvalue weighted by Gasteiger charge is -2.17. The minimum atomic E-state index is -1.11. The predicted octanol–water partition coefficient (Wildman–Crippen LogP) is 2.66. The molecule has 1 amide bonds. The van der Waals surface area contributed by atoms with Crippen molar-refractivity contribution in [3.05, 3.63) is 94.0 Å². The van der Waals surface area contributed by atoms with Gasteiger partial charge in [-0.05, 0) is 55.5 Å². The normalized spacial score (nSPS) is 12.4. The summed E-state index contributed by atoms with van der Waals surface area (Å²) in [4.78, 5) is 25.5. The van der Waals surface area contributed by atoms with Crippen LogP contribution in [0, 0.1) is 0 Å². The maximum Gasteiger partial charge on any atom is 0.495 e. The summed E-state index contributed by atoms with van der Waals surface area (Å²) in [5.41, 5.74) is 5.17. The number of nitrogens with one attached hydrogen (secondary N) is 2. The summed E-state index contributed by atoms with van der Waals surface area (Å²) in [6.07, 6.45) is 3.37. The number of likely N-dealkylation sites (N-methyl/N-ethyl adjacent to an activating group) is 1. The summed E-state index contributed by atoms with van der Waals surface area (Å²) in [6.45, 7) is 1.34. The quantitative estimate of drug-likeness (QED) is 0.201. The van der Waals surface area contributed by atoms with Crippen molar-refractivity contribution >= 4 is 24.3 Å². The van der Waals surface area contributed by atoms with E-state index in [0.717, 1.165) is 24.8 Å². The van der Waals surface area contributed by atoms with Crippen molar-refractivity contribution in [1.82, 2.24) is 10.6 Å². The Morgan fingerprint density at radius 3 is 2.41 bits per heavy atom. The van der Waals surface area contributed by atoms with Gasteiger partial charge < -0.3 is 25.0 Å². The summed E-state index contributed by atoms with van der Waals surface area (Å²) < 4.78 is 11.1. The highest BCUT2D eigenvalue weighted by Gasteiger charge is 2.36. The SMILES string of the molecule is CNCCNC(=O)c1cc(CCCCc2ccc(C(=O)c3ccccc3)cc2)c(OC)c2c1COB2O. The van der Waals surface area contributed by atoms with Gasteiger partial charge in [-0.3, -0.25) is 9.59 Å². The van der Waals surface area contributed by atoms with Gasteiger partial charge in [0.05, 0.1) is 13.7 Å². The fourth-order valence-corrected chi connectivity index (χ4v) is 4.69. The zero-order valence-corrected chi connectivity index (χ0v) is 21.4. The largest absolute Gasteiger partial charge is 0.497 e. The third-order valence-electron chi connectivity index (χ3n) is 6.66. The molecule has 37 heavy (non-hydrogen) atoms. The number of aryl methyl sites for hydroxylation is 2. The number of ketones is 1. The highest BCUT2D eigenvalue weighted by Crippen LogP contribution is 2.28. The van der Waals surface area contributed by atoms with Crippen molar-refractivity contribution in [2.75, 3.05) is 27.2 Å². The number of unbranched alkanes of at least 4 members (excludes halogenated alkanes) is 1. The second-order valence-corrected chi connectivity index (χ2v) is 9.13. The summed E-state index contributed by atoms with van der Waals surface area (Å²) in [5.74, 6) is 0.432. The minimum absolute atomic E-state index is 0.0211. The Labute approximate surface area is 218 Å². The highest BCUT2D eigenvalue weighted by molar-refractivity contribution is 6.63. The van der Waals surface area contributed by atoms with E-state index < -0.39 is 7.12 Å². The first kappa shape index (κ1) is 26.6. The van der Waals surface area contributed by atoms with E-state index in [1.807, 2.05) is 67.7 Å². The molecule has 3 aromatic carbocycles. The molecular weight excluding hydrogens is 467 g/mol. The predicted molar refractivity (Wildman–Crippen MR) is 145 cm³/mol. The number of benzene rings is 3. The summed E-state index contributed by atoms with van der Waals surface area (Å²) in [5, 5.41) is 16.4. The van der Waals surface area contributed by atoms with E-state index in [4.69, 9.17) is 9.39 Å². The van der Waals surface area contributed by atoms with Crippen LogP contribution >= 0.6 is 0 Å². The van der Waals surface area contributed by atoms with Crippen LogP contribution in [0.2, 0.25) is 0 Å². The third kappa shape index (κ3) is 6.28. The molecule has 1 heterocycles. The van der Waals surface area contributed by atoms with Crippen LogP contribution in [0.25, 0.3) is 0 Å². The van der Waals surface area contributed by atoms with E-state index in [1.165, 1.54) is 5.56 Å². The van der Waals surface area contributed by atoms with Crippen LogP contribution in [-0.2, 0) is 24.1 Å². The summed E-state index contributed by atoms with van der Waals surface area (Å²) in [6, 6.07) is 18.9. The molecule has 7 nitrogen and oxygen atoms in total. The number of fused-ring (bicyclic) bond motifs is 1. The van der Waals surface area contributed by atoms with Crippen LogP contribution in [0.15, 0.2) is 60.7 Å². The molecule has 0 atom stereocenters. The van der Waals surface area contributed by atoms with Gasteiger partial charge in [0.25, 0.3) is 5.91 Å². The fraction of sp³-hybridized carbons (Fsp3) is 0.310. The van der Waals surface area contributed by atoms with Crippen LogP contribution in [-0.4, -0.2) is 51.1 Å². The van der Waals surface area contributed by atoms with Crippen LogP contribution in [0.4, 0.5) is 0 Å². The topological polar surface area (TPSA) is 96.9 Å². The minimum Gasteiger partial charge on any atom is -0.497 e. The van der Waals surface area contributed by atoms with Crippen molar-refractivity contribution in [2.24, 2.45) is 0 Å². The van der Waals surface area contributed by atoms with Gasteiger partial charge in [0, 0.05) is 35.2 Å². The number of hydrogen-bond acceptors (Lipinski definition) is 6. The second-order valence-electron chi connectivity index (χ2n) is 9.13. The molecule has 0 unspecified atom stereocenters. The van der Waals surface area contributed by atoms with Gasteiger partial charge in [-0.2, -0.15) is 0 Å². The number of amides is 1. The highest BCUT2D eigenvalue weighted by atomic mass is 16.5. The molecule has 0 aliphatic carbocycles. The van der Waals surface area contributed by atoms with Gasteiger partial charge in [0.1, 0.15) is 5.75 Å². The first-order valence-corrected chi connectivity index (χ1v) is 12.7. The van der Waals surface area contributed by atoms with E-state index in [9.17, 15) is 14.6 Å². The Morgan fingerprint density at radius 1 is 1.00 bits per heavy atom. The molecular formula is C29H33BN2O5. The van der Waals surface area contributed by atoms with E-state index in [-0.39, 0.29) is 18.3 Å². The molecule has 0 spiro atoms. The molecule has 0 radical (unpaired) electrons. The smallest absolute Gasteiger partial charge is 0.495 e. The molecule has 1 aliphatic heterocycles. The number of methoxy groups -OCH3 is 1. The van der Waals surface area contributed by atoms with Gasteiger partial charge in [-0.15, -0.1) is 0 Å². The second kappa shape index (κ2) is 12.7. The molecule has 3 aromatic rings. The number of carbonyl (C=O) groups excluding carboxylic acids is 2. The van der Waals surface area contributed by atoms with Gasteiger partial charge in [0.15, 0.2) is 5.78 Å². The van der Waals surface area contributed by atoms with Crippen LogP contribution < -0.4 is 20.8 Å². The molecule has 1 aliphatic rings. The number of hydrogen-bond donors (Lipinski definition) is 3. The van der Waals surface area contributed by atoms with Crippen LogP contribution in [0.5, 0.6) is 5.75 Å². The first-order valence-electron chi connectivity index (χ1n) is 12.7. The van der Waals surface area contributed by atoms with Gasteiger partial charge in [-0.25, -0.2) is 0 Å². The zero-order valence-electron chi connectivity index (χ0n) is 21.4. The maximum absolute atomic E-state index is 12.9. The number of carbonyl (C=O) groups is 2. The lowest BCUT2D eigenvalue weighted by Crippen LogP contribution is -2.34. The number of ether oxygens (including phenoxy) is 1. The molecule has 4 rings (SSSR count). The standard InChI is InChI=1S/C29H33BN2O5/c1-31-16-17-32-29(34)24-18-23(28(36-2)26-25(24)19-37-30(26)35)11-7-6-8-20-12-14-22(15-13-20)27(33)21-9-4-3-5-10-21/h3-5,9-10,12-15,18,31,35H,6-8,11,16-17,19H2,1-2H3,(H,32,34). The van der Waals surface area contributed by atoms with Crippen LogP contribution in [0.1, 0.15) is 55.8 Å². The lowest BCUT2D eigenvalue weighted by atomic mass is 9.75. The average molecular weight is 500 g/mol. The Balaban J connectivity index is 1.40. The van der Waals surface area contributed by atoms with E-state index in [2.05, 4.69) is 10.6 Å². The lowest BCUT2D eigenvalue weighted by molar-refractivity contribution is 0.0951. The van der Waals surface area contributed by atoms with Gasteiger partial charge >= 0.3 is 7.12 Å². The molecule has 0 saturated heterocycles. The van der Waals surface area contributed by atoms with Crippen molar-refractivity contribution in [3.8, 4) is 5.75 Å². The van der Waals surface area contributed by atoms with Gasteiger partial charge in [0.2, 0.25) is 0 Å². The third-order valence-corrected chi connectivity index (χ3v) is 6.66. The molecule has 0 bridgehead atoms. The fourth-order valence-electron chi connectivity index (χ4n) is 4.69. The van der Waals surface area contributed by atoms with E-state index in [1.54, 1.807) is 7.11 Å². The molecule has 0 aromatic heterocycles. The van der Waals surface area contributed by atoms with Crippen molar-refractivity contribution < 1.29 is 24.0 Å². The Kier molecular flexibility index (Phi) is 9.11. The molecule has 0 fully saturated rings. The van der Waals surface area contributed by atoms with Crippen molar-refractivity contribution in [1.29, 1.82) is 0 Å². The summed E-state index contributed by atoms with van der Waals surface area (Å²) >= 11 is 0. The molecule has 8 heteroatoms. The molecule has 3 N–H and O–H groups in total. The Hall–Kier alpha value is -3.46. The number of rotatable bonds is 12. The van der Waals surface area contributed by atoms with E-state index in [0.29, 0.717) is 53.0 Å².